The summed E-state index contributed by atoms with van der Waals surface area (Å²) in [4.78, 5) is 27.9. The van der Waals surface area contributed by atoms with Gasteiger partial charge in [0, 0.05) is 25.8 Å². The van der Waals surface area contributed by atoms with Crippen molar-refractivity contribution in [2.45, 2.75) is 32.7 Å². The number of ether oxygens (including phenoxy) is 5. The number of hydrogen-bond acceptors (Lipinski definition) is 8. The van der Waals surface area contributed by atoms with Crippen molar-refractivity contribution in [2.75, 3.05) is 46.7 Å². The lowest BCUT2D eigenvalue weighted by atomic mass is 9.94. The minimum Gasteiger partial charge on any atom is -0.507 e. The Kier molecular flexibility index (Phi) is 8.55. The summed E-state index contributed by atoms with van der Waals surface area (Å²) in [5, 5.41) is 11.4. The lowest BCUT2D eigenvalue weighted by Gasteiger charge is -2.26. The molecule has 1 amide bonds. The number of methoxy groups -OCH3 is 1. The van der Waals surface area contributed by atoms with Crippen LogP contribution in [0.4, 0.5) is 0 Å². The third-order valence-corrected chi connectivity index (χ3v) is 6.15. The molecular weight excluding hydrogens is 478 g/mol. The Labute approximate surface area is 216 Å². The second-order valence-electron chi connectivity index (χ2n) is 8.68. The van der Waals surface area contributed by atoms with Gasteiger partial charge in [0.15, 0.2) is 23.0 Å². The summed E-state index contributed by atoms with van der Waals surface area (Å²) in [6, 6.07) is 9.47. The highest BCUT2D eigenvalue weighted by atomic mass is 16.6. The van der Waals surface area contributed by atoms with Crippen LogP contribution in [0.3, 0.4) is 0 Å². The van der Waals surface area contributed by atoms with E-state index in [0.717, 1.165) is 6.42 Å². The zero-order valence-corrected chi connectivity index (χ0v) is 21.5. The quantitative estimate of drug-likeness (QED) is 0.208. The molecule has 37 heavy (non-hydrogen) atoms. The SMILES string of the molecule is CCCOc1ccc(C2C(=C(O)c3ccc4c(c3)OCCO4)C(=O)C(=O)N2CCCOC)cc1OCC. The van der Waals surface area contributed by atoms with Crippen LogP contribution in [-0.2, 0) is 14.3 Å². The lowest BCUT2D eigenvalue weighted by Crippen LogP contribution is -2.31. The van der Waals surface area contributed by atoms with E-state index in [9.17, 15) is 14.7 Å². The summed E-state index contributed by atoms with van der Waals surface area (Å²) in [6.45, 7) is 6.34. The average molecular weight is 512 g/mol. The van der Waals surface area contributed by atoms with Crippen LogP contribution < -0.4 is 18.9 Å². The first-order valence-corrected chi connectivity index (χ1v) is 12.6. The molecule has 9 nitrogen and oxygen atoms in total. The van der Waals surface area contributed by atoms with Gasteiger partial charge in [-0.1, -0.05) is 13.0 Å². The van der Waals surface area contributed by atoms with Gasteiger partial charge in [0.25, 0.3) is 11.7 Å². The van der Waals surface area contributed by atoms with Crippen LogP contribution in [0.1, 0.15) is 43.9 Å². The van der Waals surface area contributed by atoms with Gasteiger partial charge in [-0.3, -0.25) is 9.59 Å². The Bertz CT molecular complexity index is 1170. The van der Waals surface area contributed by atoms with E-state index in [-0.39, 0.29) is 17.9 Å². The van der Waals surface area contributed by atoms with E-state index in [2.05, 4.69) is 0 Å². The van der Waals surface area contributed by atoms with Gasteiger partial charge in [0.2, 0.25) is 0 Å². The van der Waals surface area contributed by atoms with Crippen LogP contribution in [0.5, 0.6) is 23.0 Å². The number of carbonyl (C=O) groups is 2. The first-order valence-electron chi connectivity index (χ1n) is 12.6. The van der Waals surface area contributed by atoms with Crippen LogP contribution in [-0.4, -0.2) is 68.4 Å². The molecule has 0 spiro atoms. The maximum atomic E-state index is 13.3. The second-order valence-corrected chi connectivity index (χ2v) is 8.68. The molecule has 0 bridgehead atoms. The van der Waals surface area contributed by atoms with Crippen LogP contribution >= 0.6 is 0 Å². The highest BCUT2D eigenvalue weighted by Gasteiger charge is 2.46. The minimum atomic E-state index is -0.815. The van der Waals surface area contributed by atoms with E-state index < -0.39 is 17.7 Å². The Morgan fingerprint density at radius 1 is 1.00 bits per heavy atom. The number of likely N-dealkylation sites (tertiary alicyclic amines) is 1. The second kappa shape index (κ2) is 12.0. The Hall–Kier alpha value is -3.72. The summed E-state index contributed by atoms with van der Waals surface area (Å²) in [5.74, 6) is 0.411. The maximum absolute atomic E-state index is 13.3. The van der Waals surface area contributed by atoms with Crippen molar-refractivity contribution in [3.05, 3.63) is 53.1 Å². The van der Waals surface area contributed by atoms with Gasteiger partial charge >= 0.3 is 0 Å². The minimum absolute atomic E-state index is 0.00349. The van der Waals surface area contributed by atoms with Crippen LogP contribution in [0, 0.1) is 0 Å². The molecule has 2 aromatic rings. The molecule has 1 saturated heterocycles. The van der Waals surface area contributed by atoms with Gasteiger partial charge in [0.05, 0.1) is 24.8 Å². The average Bonchev–Trinajstić information content (AvgIpc) is 3.17. The molecular formula is C28H33NO8. The summed E-state index contributed by atoms with van der Waals surface area (Å²) in [5.41, 5.74) is 0.990. The third-order valence-electron chi connectivity index (χ3n) is 6.15. The number of Topliss-reactive ketones (excluding diaryl/α,β-unsaturated/α-hetero) is 1. The summed E-state index contributed by atoms with van der Waals surface area (Å²) >= 11 is 0. The van der Waals surface area contributed by atoms with E-state index >= 15 is 0 Å². The predicted molar refractivity (Wildman–Crippen MR) is 136 cm³/mol. The number of aliphatic hydroxyl groups excluding tert-OH is 1. The van der Waals surface area contributed by atoms with Gasteiger partial charge in [0.1, 0.15) is 19.0 Å². The highest BCUT2D eigenvalue weighted by Crippen LogP contribution is 2.43. The van der Waals surface area contributed by atoms with E-state index in [4.69, 9.17) is 23.7 Å². The van der Waals surface area contributed by atoms with Crippen molar-refractivity contribution in [2.24, 2.45) is 0 Å². The topological polar surface area (TPSA) is 104 Å². The molecule has 2 aromatic carbocycles. The number of carbonyl (C=O) groups excluding carboxylic acids is 2. The van der Waals surface area contributed by atoms with Crippen molar-refractivity contribution in [1.29, 1.82) is 0 Å². The van der Waals surface area contributed by atoms with Crippen LogP contribution in [0.25, 0.3) is 5.76 Å². The van der Waals surface area contributed by atoms with E-state index in [1.165, 1.54) is 4.90 Å². The van der Waals surface area contributed by atoms with Crippen LogP contribution in [0.15, 0.2) is 42.0 Å². The van der Waals surface area contributed by atoms with Gasteiger partial charge in [-0.05, 0) is 55.7 Å². The molecule has 0 aliphatic carbocycles. The highest BCUT2D eigenvalue weighted by molar-refractivity contribution is 6.46. The third kappa shape index (κ3) is 5.51. The number of benzene rings is 2. The first kappa shape index (κ1) is 26.3. The van der Waals surface area contributed by atoms with Crippen LogP contribution in [0.2, 0.25) is 0 Å². The number of rotatable bonds is 11. The normalized spacial score (nSPS) is 18.2. The molecule has 4 rings (SSSR count). The van der Waals surface area contributed by atoms with Crippen molar-refractivity contribution < 1.29 is 38.4 Å². The smallest absolute Gasteiger partial charge is 0.295 e. The maximum Gasteiger partial charge on any atom is 0.295 e. The van der Waals surface area contributed by atoms with Gasteiger partial charge in [-0.25, -0.2) is 0 Å². The van der Waals surface area contributed by atoms with E-state index in [1.807, 2.05) is 13.8 Å². The summed E-state index contributed by atoms with van der Waals surface area (Å²) < 4.78 is 28.0. The Balaban J connectivity index is 1.81. The lowest BCUT2D eigenvalue weighted by molar-refractivity contribution is -0.140. The van der Waals surface area contributed by atoms with E-state index in [0.29, 0.717) is 73.6 Å². The standard InChI is InChI=1S/C28H33NO8/c1-4-12-35-20-9-7-18(16-22(20)34-5-2)25-24(27(31)28(32)29(25)11-6-13-33-3)26(30)19-8-10-21-23(17-19)37-15-14-36-21/h7-10,16-17,25,30H,4-6,11-15H2,1-3H3. The number of nitrogens with zero attached hydrogens (tertiary/aromatic N) is 1. The summed E-state index contributed by atoms with van der Waals surface area (Å²) in [6.07, 6.45) is 1.36. The van der Waals surface area contributed by atoms with E-state index in [1.54, 1.807) is 43.5 Å². The number of ketones is 1. The molecule has 0 radical (unpaired) electrons. The number of aliphatic hydroxyl groups is 1. The van der Waals surface area contributed by atoms with Crippen molar-refractivity contribution in [3.8, 4) is 23.0 Å². The Morgan fingerprint density at radius 3 is 2.51 bits per heavy atom. The fraction of sp³-hybridized carbons (Fsp3) is 0.429. The fourth-order valence-corrected chi connectivity index (χ4v) is 4.48. The molecule has 1 fully saturated rings. The molecule has 0 aromatic heterocycles. The van der Waals surface area contributed by atoms with Crippen molar-refractivity contribution in [1.82, 2.24) is 4.90 Å². The number of fused-ring (bicyclic) bond motifs is 1. The largest absolute Gasteiger partial charge is 0.507 e. The van der Waals surface area contributed by atoms with Gasteiger partial charge in [-0.2, -0.15) is 0 Å². The molecule has 1 N–H and O–H groups in total. The van der Waals surface area contributed by atoms with Crippen molar-refractivity contribution in [3.63, 3.8) is 0 Å². The van der Waals surface area contributed by atoms with Gasteiger partial charge in [-0.15, -0.1) is 0 Å². The Morgan fingerprint density at radius 2 is 1.78 bits per heavy atom. The monoisotopic (exact) mass is 511 g/mol. The molecule has 9 heteroatoms. The van der Waals surface area contributed by atoms with Gasteiger partial charge < -0.3 is 33.7 Å². The molecule has 2 aliphatic heterocycles. The number of amides is 1. The molecule has 198 valence electrons. The number of hydrogen-bond donors (Lipinski definition) is 1. The molecule has 1 unspecified atom stereocenters. The zero-order chi connectivity index (χ0) is 26.4. The fourth-order valence-electron chi connectivity index (χ4n) is 4.48. The molecule has 2 aliphatic rings. The molecule has 1 atom stereocenters. The first-order chi connectivity index (χ1) is 18.0. The molecule has 2 heterocycles. The zero-order valence-electron chi connectivity index (χ0n) is 21.5. The predicted octanol–water partition coefficient (Wildman–Crippen LogP) is 4.10. The molecule has 0 saturated carbocycles. The summed E-state index contributed by atoms with van der Waals surface area (Å²) in [7, 11) is 1.58. The van der Waals surface area contributed by atoms with Crippen molar-refractivity contribution >= 4 is 17.4 Å².